The minimum absolute atomic E-state index is 0.252. The van der Waals surface area contributed by atoms with Gasteiger partial charge in [0.05, 0.1) is 0 Å². The second kappa shape index (κ2) is 5.27. The number of anilines is 1. The van der Waals surface area contributed by atoms with Gasteiger partial charge in [0.25, 0.3) is 0 Å². The average molecular weight is 211 g/mol. The van der Waals surface area contributed by atoms with E-state index in [-0.39, 0.29) is 6.61 Å². The van der Waals surface area contributed by atoms with Crippen molar-refractivity contribution in [2.45, 2.75) is 30.4 Å². The lowest BCUT2D eigenvalue weighted by Gasteiger charge is -2.10. The number of nitrogen functional groups attached to an aromatic ring is 1. The normalized spacial score (nSPS) is 12.8. The number of aliphatic hydroxyl groups is 1. The maximum atomic E-state index is 8.78. The van der Waals surface area contributed by atoms with E-state index in [0.717, 1.165) is 17.7 Å². The minimum atomic E-state index is 0.252. The van der Waals surface area contributed by atoms with Gasteiger partial charge in [-0.2, -0.15) is 0 Å². The highest BCUT2D eigenvalue weighted by Gasteiger charge is 2.04. The second-order valence-corrected chi connectivity index (χ2v) is 4.97. The SMILES string of the molecule is Cc1cc(SC(C)CCO)ccc1N. The predicted octanol–water partition coefficient (Wildman–Crippen LogP) is 2.44. The van der Waals surface area contributed by atoms with Crippen LogP contribution in [0.3, 0.4) is 0 Å². The summed E-state index contributed by atoms with van der Waals surface area (Å²) in [6.45, 7) is 4.38. The van der Waals surface area contributed by atoms with Crippen LogP contribution in [0.1, 0.15) is 18.9 Å². The molecule has 3 heteroatoms. The Bertz CT molecular complexity index is 301. The highest BCUT2D eigenvalue weighted by atomic mass is 32.2. The molecule has 0 spiro atoms. The van der Waals surface area contributed by atoms with Crippen molar-refractivity contribution in [3.63, 3.8) is 0 Å². The van der Waals surface area contributed by atoms with Gasteiger partial charge in [-0.05, 0) is 37.1 Å². The molecule has 0 heterocycles. The van der Waals surface area contributed by atoms with Gasteiger partial charge in [0.1, 0.15) is 0 Å². The van der Waals surface area contributed by atoms with Crippen LogP contribution < -0.4 is 5.73 Å². The summed E-state index contributed by atoms with van der Waals surface area (Å²) in [4.78, 5) is 1.22. The molecule has 1 rings (SSSR count). The number of rotatable bonds is 4. The Morgan fingerprint density at radius 3 is 2.79 bits per heavy atom. The standard InChI is InChI=1S/C11H17NOS/c1-8-7-10(3-4-11(8)12)14-9(2)5-6-13/h3-4,7,9,13H,5-6,12H2,1-2H3. The Hall–Kier alpha value is -0.670. The van der Waals surface area contributed by atoms with Gasteiger partial charge in [0, 0.05) is 22.4 Å². The van der Waals surface area contributed by atoms with Crippen LogP contribution in [-0.2, 0) is 0 Å². The minimum Gasteiger partial charge on any atom is -0.399 e. The molecule has 14 heavy (non-hydrogen) atoms. The zero-order chi connectivity index (χ0) is 10.6. The van der Waals surface area contributed by atoms with Crippen LogP contribution in [0.4, 0.5) is 5.69 Å². The molecule has 1 aromatic carbocycles. The van der Waals surface area contributed by atoms with Crippen LogP contribution in [0.25, 0.3) is 0 Å². The number of aliphatic hydroxyl groups excluding tert-OH is 1. The monoisotopic (exact) mass is 211 g/mol. The summed E-state index contributed by atoms with van der Waals surface area (Å²) < 4.78 is 0. The van der Waals surface area contributed by atoms with Crippen molar-refractivity contribution in [3.05, 3.63) is 23.8 Å². The van der Waals surface area contributed by atoms with Crippen molar-refractivity contribution in [2.75, 3.05) is 12.3 Å². The molecule has 0 amide bonds. The van der Waals surface area contributed by atoms with E-state index in [1.165, 1.54) is 4.90 Å². The van der Waals surface area contributed by atoms with Gasteiger partial charge in [0.2, 0.25) is 0 Å². The number of benzene rings is 1. The van der Waals surface area contributed by atoms with Crippen LogP contribution >= 0.6 is 11.8 Å². The van der Waals surface area contributed by atoms with E-state index >= 15 is 0 Å². The molecular weight excluding hydrogens is 194 g/mol. The lowest BCUT2D eigenvalue weighted by Crippen LogP contribution is -1.99. The third kappa shape index (κ3) is 3.24. The van der Waals surface area contributed by atoms with E-state index in [0.29, 0.717) is 5.25 Å². The summed E-state index contributed by atoms with van der Waals surface area (Å²) in [5, 5.41) is 9.23. The summed E-state index contributed by atoms with van der Waals surface area (Å²) in [5.74, 6) is 0. The first-order chi connectivity index (χ1) is 6.63. The number of thioether (sulfide) groups is 1. The van der Waals surface area contributed by atoms with E-state index < -0.39 is 0 Å². The van der Waals surface area contributed by atoms with Gasteiger partial charge in [-0.15, -0.1) is 11.8 Å². The molecule has 0 saturated carbocycles. The van der Waals surface area contributed by atoms with E-state index in [9.17, 15) is 0 Å². The molecule has 0 aliphatic heterocycles. The van der Waals surface area contributed by atoms with Crippen molar-refractivity contribution >= 4 is 17.4 Å². The van der Waals surface area contributed by atoms with Crippen LogP contribution in [0, 0.1) is 6.92 Å². The van der Waals surface area contributed by atoms with Crippen molar-refractivity contribution in [1.82, 2.24) is 0 Å². The number of nitrogens with two attached hydrogens (primary N) is 1. The Morgan fingerprint density at radius 2 is 2.21 bits per heavy atom. The molecule has 78 valence electrons. The lowest BCUT2D eigenvalue weighted by molar-refractivity contribution is 0.289. The fourth-order valence-corrected chi connectivity index (χ4v) is 2.27. The second-order valence-electron chi connectivity index (χ2n) is 3.46. The van der Waals surface area contributed by atoms with Crippen molar-refractivity contribution < 1.29 is 5.11 Å². The highest BCUT2D eigenvalue weighted by Crippen LogP contribution is 2.27. The van der Waals surface area contributed by atoms with E-state index in [2.05, 4.69) is 13.0 Å². The van der Waals surface area contributed by atoms with E-state index in [1.807, 2.05) is 19.1 Å². The number of hydrogen-bond donors (Lipinski definition) is 2. The maximum Gasteiger partial charge on any atom is 0.0441 e. The van der Waals surface area contributed by atoms with E-state index in [4.69, 9.17) is 10.8 Å². The Morgan fingerprint density at radius 1 is 1.50 bits per heavy atom. The van der Waals surface area contributed by atoms with Crippen molar-refractivity contribution in [2.24, 2.45) is 0 Å². The summed E-state index contributed by atoms with van der Waals surface area (Å²) in [7, 11) is 0. The third-order valence-corrected chi connectivity index (χ3v) is 3.28. The van der Waals surface area contributed by atoms with Crippen LogP contribution in [0.5, 0.6) is 0 Å². The predicted molar refractivity (Wildman–Crippen MR) is 62.6 cm³/mol. The molecule has 0 saturated heterocycles. The topological polar surface area (TPSA) is 46.2 Å². The lowest BCUT2D eigenvalue weighted by atomic mass is 10.2. The van der Waals surface area contributed by atoms with Crippen LogP contribution in [-0.4, -0.2) is 17.0 Å². The summed E-state index contributed by atoms with van der Waals surface area (Å²) in [5.41, 5.74) is 7.68. The van der Waals surface area contributed by atoms with Gasteiger partial charge in [-0.25, -0.2) is 0 Å². The highest BCUT2D eigenvalue weighted by molar-refractivity contribution is 7.99. The summed E-state index contributed by atoms with van der Waals surface area (Å²) in [6, 6.07) is 6.05. The molecule has 2 nitrogen and oxygen atoms in total. The zero-order valence-electron chi connectivity index (χ0n) is 8.66. The van der Waals surface area contributed by atoms with E-state index in [1.54, 1.807) is 11.8 Å². The fraction of sp³-hybridized carbons (Fsp3) is 0.455. The van der Waals surface area contributed by atoms with Crippen molar-refractivity contribution in [3.8, 4) is 0 Å². The number of aryl methyl sites for hydroxylation is 1. The molecule has 0 radical (unpaired) electrons. The molecule has 0 fully saturated rings. The number of hydrogen-bond acceptors (Lipinski definition) is 3. The molecule has 0 bridgehead atoms. The third-order valence-electron chi connectivity index (χ3n) is 2.11. The fourth-order valence-electron chi connectivity index (χ4n) is 1.19. The van der Waals surface area contributed by atoms with Gasteiger partial charge in [-0.3, -0.25) is 0 Å². The molecule has 0 aliphatic rings. The summed E-state index contributed by atoms with van der Waals surface area (Å²) in [6.07, 6.45) is 0.827. The first-order valence-electron chi connectivity index (χ1n) is 4.77. The average Bonchev–Trinajstić information content (AvgIpc) is 2.12. The molecule has 0 aliphatic carbocycles. The van der Waals surface area contributed by atoms with Gasteiger partial charge >= 0.3 is 0 Å². The summed E-state index contributed by atoms with van der Waals surface area (Å²) >= 11 is 1.78. The van der Waals surface area contributed by atoms with Crippen molar-refractivity contribution in [1.29, 1.82) is 0 Å². The van der Waals surface area contributed by atoms with Gasteiger partial charge in [0.15, 0.2) is 0 Å². The molecular formula is C11H17NOS. The molecule has 1 aromatic rings. The van der Waals surface area contributed by atoms with Gasteiger partial charge in [-0.1, -0.05) is 6.92 Å². The Labute approximate surface area is 89.5 Å². The van der Waals surface area contributed by atoms with Crippen LogP contribution in [0.15, 0.2) is 23.1 Å². The maximum absolute atomic E-state index is 8.78. The molecule has 1 unspecified atom stereocenters. The first kappa shape index (κ1) is 11.4. The molecule has 1 atom stereocenters. The van der Waals surface area contributed by atoms with Crippen LogP contribution in [0.2, 0.25) is 0 Å². The largest absolute Gasteiger partial charge is 0.399 e. The molecule has 0 aromatic heterocycles. The Balaban J connectivity index is 2.63. The Kier molecular flexibility index (Phi) is 4.29. The first-order valence-corrected chi connectivity index (χ1v) is 5.65. The smallest absolute Gasteiger partial charge is 0.0441 e. The molecule has 3 N–H and O–H groups in total. The van der Waals surface area contributed by atoms with Gasteiger partial charge < -0.3 is 10.8 Å². The quantitative estimate of drug-likeness (QED) is 0.594. The zero-order valence-corrected chi connectivity index (χ0v) is 9.47.